The molecular weight excluding hydrogens is 612 g/mol. The number of nitrogens with zero attached hydrogens (tertiary/aromatic N) is 8. The third kappa shape index (κ3) is 5.92. The molecule has 0 atom stereocenters. The minimum absolute atomic E-state index is 0.0219. The first-order valence-corrected chi connectivity index (χ1v) is 17.7. The van der Waals surface area contributed by atoms with E-state index in [1.807, 2.05) is 30.9 Å². The number of hydrogen-bond acceptors (Lipinski definition) is 9. The number of thiazole rings is 1. The molecule has 10 nitrogen and oxygen atoms in total. The predicted octanol–water partition coefficient (Wildman–Crippen LogP) is 4.90. The number of pyridine rings is 1. The summed E-state index contributed by atoms with van der Waals surface area (Å²) in [6.45, 7) is 7.67. The highest BCUT2D eigenvalue weighted by Crippen LogP contribution is 2.44. The molecule has 0 saturated carbocycles. The molecule has 2 saturated heterocycles. The fraction of sp³-hybridized carbons (Fsp3) is 0.469. The second-order valence-corrected chi connectivity index (χ2v) is 15.6. The zero-order valence-electron chi connectivity index (χ0n) is 26.4. The molecule has 2 aliphatic rings. The van der Waals surface area contributed by atoms with Crippen molar-refractivity contribution in [3.8, 4) is 17.3 Å². The van der Waals surface area contributed by atoms with Gasteiger partial charge in [-0.05, 0) is 82.7 Å². The van der Waals surface area contributed by atoms with Crippen LogP contribution in [0.5, 0.6) is 0 Å². The lowest BCUT2D eigenvalue weighted by molar-refractivity contribution is 0.230. The summed E-state index contributed by atoms with van der Waals surface area (Å²) in [5.41, 5.74) is 5.09. The van der Waals surface area contributed by atoms with Crippen molar-refractivity contribution in [3.63, 3.8) is 0 Å². The Kier molecular flexibility index (Phi) is 8.36. The fourth-order valence-corrected chi connectivity index (χ4v) is 8.98. The number of halogens is 1. The monoisotopic (exact) mass is 650 g/mol. The summed E-state index contributed by atoms with van der Waals surface area (Å²) in [5.74, 6) is 0.735. The van der Waals surface area contributed by atoms with Gasteiger partial charge in [0, 0.05) is 50.4 Å². The number of aryl methyl sites for hydroxylation is 2. The molecule has 0 unspecified atom stereocenters. The van der Waals surface area contributed by atoms with Crippen molar-refractivity contribution in [2.24, 2.45) is 5.41 Å². The van der Waals surface area contributed by atoms with Crippen LogP contribution in [0, 0.1) is 29.5 Å². The molecule has 0 N–H and O–H groups in total. The molecule has 6 rings (SSSR count). The summed E-state index contributed by atoms with van der Waals surface area (Å²) in [6, 6.07) is 10.4. The first-order chi connectivity index (χ1) is 21.4. The van der Waals surface area contributed by atoms with Crippen LogP contribution in [0.1, 0.15) is 35.9 Å². The average Bonchev–Trinajstić information content (AvgIpc) is 3.72. The maximum atomic E-state index is 13.6. The largest absolute Gasteiger partial charge is 0.369 e. The quantitative estimate of drug-likeness (QED) is 0.239. The van der Waals surface area contributed by atoms with Gasteiger partial charge in [-0.25, -0.2) is 27.1 Å². The number of benzene rings is 1. The smallest absolute Gasteiger partial charge is 0.214 e. The number of rotatable bonds is 10. The first-order valence-electron chi connectivity index (χ1n) is 15.2. The Morgan fingerprint density at radius 2 is 1.87 bits per heavy atom. The van der Waals surface area contributed by atoms with Gasteiger partial charge in [-0.15, -0.1) is 0 Å². The lowest BCUT2D eigenvalue weighted by Gasteiger charge is -2.49. The molecule has 2 fully saturated rings. The maximum Gasteiger partial charge on any atom is 0.214 e. The van der Waals surface area contributed by atoms with E-state index >= 15 is 0 Å². The molecule has 1 spiro atoms. The van der Waals surface area contributed by atoms with Crippen LogP contribution < -0.4 is 9.80 Å². The third-order valence-electron chi connectivity index (χ3n) is 8.93. The zero-order valence-corrected chi connectivity index (χ0v) is 28.0. The summed E-state index contributed by atoms with van der Waals surface area (Å²) in [4.78, 5) is 16.6. The maximum absolute atomic E-state index is 13.6. The van der Waals surface area contributed by atoms with E-state index in [0.717, 1.165) is 54.5 Å². The molecule has 0 bridgehead atoms. The van der Waals surface area contributed by atoms with Gasteiger partial charge in [0.2, 0.25) is 10.0 Å². The van der Waals surface area contributed by atoms with E-state index in [9.17, 15) is 18.1 Å². The van der Waals surface area contributed by atoms with Gasteiger partial charge in [0.15, 0.2) is 5.13 Å². The molecule has 1 aromatic carbocycles. The minimum Gasteiger partial charge on any atom is -0.369 e. The Morgan fingerprint density at radius 1 is 1.13 bits per heavy atom. The number of fused-ring (bicyclic) bond motifs is 1. The van der Waals surface area contributed by atoms with Crippen molar-refractivity contribution in [1.29, 1.82) is 5.26 Å². The van der Waals surface area contributed by atoms with E-state index in [2.05, 4.69) is 41.5 Å². The Morgan fingerprint density at radius 3 is 2.53 bits per heavy atom. The molecule has 4 aromatic rings. The van der Waals surface area contributed by atoms with Crippen LogP contribution in [0.25, 0.3) is 16.9 Å². The van der Waals surface area contributed by atoms with Crippen LogP contribution in [0.3, 0.4) is 0 Å². The molecule has 3 aromatic heterocycles. The number of nitriles is 1. The van der Waals surface area contributed by atoms with Crippen molar-refractivity contribution in [2.45, 2.75) is 33.1 Å². The van der Waals surface area contributed by atoms with E-state index in [0.29, 0.717) is 47.2 Å². The highest BCUT2D eigenvalue weighted by Gasteiger charge is 2.50. The number of imidazole rings is 1. The molecule has 13 heteroatoms. The molecule has 5 heterocycles. The van der Waals surface area contributed by atoms with Crippen molar-refractivity contribution in [2.75, 3.05) is 69.4 Å². The van der Waals surface area contributed by atoms with E-state index in [1.54, 1.807) is 16.4 Å². The number of sulfonamides is 1. The van der Waals surface area contributed by atoms with Gasteiger partial charge in [0.25, 0.3) is 0 Å². The van der Waals surface area contributed by atoms with Gasteiger partial charge in [0.05, 0.1) is 17.1 Å². The van der Waals surface area contributed by atoms with E-state index in [4.69, 9.17) is 9.97 Å². The summed E-state index contributed by atoms with van der Waals surface area (Å²) in [6.07, 6.45) is 4.33. The zero-order chi connectivity index (χ0) is 32.1. The van der Waals surface area contributed by atoms with Crippen LogP contribution in [0.15, 0.2) is 36.5 Å². The van der Waals surface area contributed by atoms with Crippen LogP contribution in [-0.4, -0.2) is 91.6 Å². The molecule has 238 valence electrons. The number of anilines is 3. The highest BCUT2D eigenvalue weighted by molar-refractivity contribution is 7.89. The third-order valence-corrected chi connectivity index (χ3v) is 11.9. The average molecular weight is 651 g/mol. The van der Waals surface area contributed by atoms with Gasteiger partial charge >= 0.3 is 0 Å². The van der Waals surface area contributed by atoms with E-state index < -0.39 is 10.0 Å². The highest BCUT2D eigenvalue weighted by atomic mass is 32.2. The molecule has 0 amide bonds. The predicted molar refractivity (Wildman–Crippen MR) is 177 cm³/mol. The SMILES string of the molecule is CCc1nc2c(C)cc(N3CC4(CCN(S(=O)(=O)CCCN(C)C)C4)C3)cn2c1N(C)c1nc(-c2ccc(F)cc2)c(C#N)s1. The summed E-state index contributed by atoms with van der Waals surface area (Å²) in [7, 11) is 2.60. The summed E-state index contributed by atoms with van der Waals surface area (Å²) in [5, 5.41) is 10.5. The van der Waals surface area contributed by atoms with Crippen molar-refractivity contribution in [3.05, 3.63) is 58.5 Å². The lowest BCUT2D eigenvalue weighted by Crippen LogP contribution is -2.58. The lowest BCUT2D eigenvalue weighted by atomic mass is 9.79. The first kappa shape index (κ1) is 31.4. The molecule has 45 heavy (non-hydrogen) atoms. The van der Waals surface area contributed by atoms with Gasteiger partial charge in [-0.2, -0.15) is 5.26 Å². The summed E-state index contributed by atoms with van der Waals surface area (Å²) < 4.78 is 43.4. The number of hydrogen-bond donors (Lipinski definition) is 0. The van der Waals surface area contributed by atoms with Crippen LogP contribution in [0.2, 0.25) is 0 Å². The van der Waals surface area contributed by atoms with E-state index in [1.165, 1.54) is 23.5 Å². The summed E-state index contributed by atoms with van der Waals surface area (Å²) >= 11 is 1.30. The normalized spacial score (nSPS) is 16.5. The molecule has 0 radical (unpaired) electrons. The Balaban J connectivity index is 1.25. The van der Waals surface area contributed by atoms with Gasteiger partial charge in [-0.3, -0.25) is 4.40 Å². The van der Waals surface area contributed by atoms with Crippen molar-refractivity contribution < 1.29 is 12.8 Å². The van der Waals surface area contributed by atoms with Crippen LogP contribution in [-0.2, 0) is 16.4 Å². The molecule has 2 aliphatic heterocycles. The Hall–Kier alpha value is -3.57. The fourth-order valence-electron chi connectivity index (χ4n) is 6.54. The van der Waals surface area contributed by atoms with Crippen molar-refractivity contribution >= 4 is 43.6 Å². The minimum atomic E-state index is -3.26. The van der Waals surface area contributed by atoms with Gasteiger partial charge in [0.1, 0.15) is 33.9 Å². The Labute approximate surface area is 268 Å². The molecular formula is C32H39FN8O2S2. The number of aromatic nitrogens is 3. The standard InChI is InChI=1S/C32H39FN8O2S2/c1-6-26-30(38(5)31-36-28(27(17-34)44-31)23-8-10-24(33)11-9-23)41-18-25(16-22(2)29(41)35-26)39-19-32(20-39)12-14-40(21-32)45(42,43)15-7-13-37(3)4/h8-11,16,18H,6-7,12-15,19-21H2,1-5H3. The second-order valence-electron chi connectivity index (χ2n) is 12.6. The van der Waals surface area contributed by atoms with Gasteiger partial charge in [-0.1, -0.05) is 18.3 Å². The Bertz CT molecular complexity index is 1870. The van der Waals surface area contributed by atoms with Crippen LogP contribution in [0.4, 0.5) is 21.0 Å². The van der Waals surface area contributed by atoms with E-state index in [-0.39, 0.29) is 17.0 Å². The van der Waals surface area contributed by atoms with Crippen LogP contribution >= 0.6 is 11.3 Å². The van der Waals surface area contributed by atoms with Gasteiger partial charge < -0.3 is 14.7 Å². The molecule has 0 aliphatic carbocycles. The van der Waals surface area contributed by atoms with Crippen molar-refractivity contribution in [1.82, 2.24) is 23.6 Å². The second kappa shape index (κ2) is 12.0. The topological polar surface area (TPSA) is 101 Å².